The van der Waals surface area contributed by atoms with Gasteiger partial charge in [0.2, 0.25) is 0 Å². The fraction of sp³-hybridized carbons (Fsp3) is 0.529. The van der Waals surface area contributed by atoms with Crippen LogP contribution in [0.5, 0.6) is 0 Å². The number of benzene rings is 1. The molecule has 0 aliphatic carbocycles. The van der Waals surface area contributed by atoms with Gasteiger partial charge in [-0.3, -0.25) is 9.58 Å². The van der Waals surface area contributed by atoms with Crippen molar-refractivity contribution in [1.29, 1.82) is 0 Å². The smallest absolute Gasteiger partial charge is 0.181 e. The number of nitrogens with zero attached hydrogens (tertiary/aromatic N) is 4. The van der Waals surface area contributed by atoms with Gasteiger partial charge in [0.1, 0.15) is 5.82 Å². The maximum atomic E-state index is 5.43. The zero-order chi connectivity index (χ0) is 15.5. The number of ether oxygens (including phenoxy) is 1. The summed E-state index contributed by atoms with van der Waals surface area (Å²) < 4.78 is 7.29. The third-order valence-electron chi connectivity index (χ3n) is 4.41. The van der Waals surface area contributed by atoms with Gasteiger partial charge in [0.05, 0.1) is 13.2 Å². The highest BCUT2D eigenvalue weighted by molar-refractivity contribution is 5.55. The summed E-state index contributed by atoms with van der Waals surface area (Å²) >= 11 is 0. The largest absolute Gasteiger partial charge is 0.379 e. The Labute approximate surface area is 131 Å². The minimum Gasteiger partial charge on any atom is -0.379 e. The van der Waals surface area contributed by atoms with E-state index in [1.807, 2.05) is 11.7 Å². The first-order valence-corrected chi connectivity index (χ1v) is 8.01. The zero-order valence-electron chi connectivity index (χ0n) is 13.6. The van der Waals surface area contributed by atoms with E-state index in [1.165, 1.54) is 5.56 Å². The Hall–Kier alpha value is -1.72. The highest BCUT2D eigenvalue weighted by Gasteiger charge is 2.18. The number of morpholine rings is 1. The van der Waals surface area contributed by atoms with Gasteiger partial charge >= 0.3 is 0 Å². The molecule has 1 aliphatic heterocycles. The number of aryl methyl sites for hydroxylation is 2. The molecule has 118 valence electrons. The molecule has 1 atom stereocenters. The van der Waals surface area contributed by atoms with Gasteiger partial charge in [-0.25, -0.2) is 4.98 Å². The van der Waals surface area contributed by atoms with Gasteiger partial charge < -0.3 is 4.74 Å². The number of hydrogen-bond donors (Lipinski definition) is 0. The van der Waals surface area contributed by atoms with Crippen LogP contribution < -0.4 is 0 Å². The quantitative estimate of drug-likeness (QED) is 0.870. The third kappa shape index (κ3) is 3.05. The summed E-state index contributed by atoms with van der Waals surface area (Å²) in [6.07, 6.45) is 0.898. The summed E-state index contributed by atoms with van der Waals surface area (Å²) in [6, 6.07) is 9.05. The lowest BCUT2D eigenvalue weighted by Gasteiger charge is -2.32. The molecular weight excluding hydrogens is 276 g/mol. The Bertz CT molecular complexity index is 614. The second kappa shape index (κ2) is 6.58. The van der Waals surface area contributed by atoms with Crippen molar-refractivity contribution in [3.05, 3.63) is 35.7 Å². The highest BCUT2D eigenvalue weighted by atomic mass is 16.5. The van der Waals surface area contributed by atoms with Crippen LogP contribution >= 0.6 is 0 Å². The molecule has 1 aromatic heterocycles. The molecule has 0 bridgehead atoms. The van der Waals surface area contributed by atoms with Gasteiger partial charge in [-0.1, -0.05) is 31.2 Å². The van der Waals surface area contributed by atoms with E-state index in [0.717, 1.165) is 49.9 Å². The van der Waals surface area contributed by atoms with Crippen LogP contribution in [0.2, 0.25) is 0 Å². The molecule has 0 radical (unpaired) electrons. The molecular formula is C17H24N4O. The van der Waals surface area contributed by atoms with Crippen LogP contribution in [-0.4, -0.2) is 46.0 Å². The number of aromatic nitrogens is 3. The van der Waals surface area contributed by atoms with E-state index in [0.29, 0.717) is 6.04 Å². The lowest BCUT2D eigenvalue weighted by atomic mass is 10.0. The average molecular weight is 300 g/mol. The van der Waals surface area contributed by atoms with E-state index >= 15 is 0 Å². The van der Waals surface area contributed by atoms with Crippen molar-refractivity contribution in [2.75, 3.05) is 26.3 Å². The zero-order valence-corrected chi connectivity index (χ0v) is 13.6. The first kappa shape index (κ1) is 15.2. The summed E-state index contributed by atoms with van der Waals surface area (Å²) in [7, 11) is 1.95. The van der Waals surface area contributed by atoms with Crippen molar-refractivity contribution >= 4 is 0 Å². The molecule has 22 heavy (non-hydrogen) atoms. The van der Waals surface area contributed by atoms with Crippen LogP contribution in [0.15, 0.2) is 24.3 Å². The second-order valence-electron chi connectivity index (χ2n) is 5.78. The van der Waals surface area contributed by atoms with Gasteiger partial charge in [-0.15, -0.1) is 0 Å². The highest BCUT2D eigenvalue weighted by Crippen LogP contribution is 2.24. The lowest BCUT2D eigenvalue weighted by molar-refractivity contribution is 0.0198. The Balaban J connectivity index is 1.76. The van der Waals surface area contributed by atoms with E-state index in [1.54, 1.807) is 0 Å². The van der Waals surface area contributed by atoms with E-state index < -0.39 is 0 Å². The molecule has 0 unspecified atom stereocenters. The molecule has 0 amide bonds. The van der Waals surface area contributed by atoms with Crippen molar-refractivity contribution < 1.29 is 4.74 Å². The van der Waals surface area contributed by atoms with Gasteiger partial charge in [0.15, 0.2) is 5.82 Å². The van der Waals surface area contributed by atoms with Crippen LogP contribution in [-0.2, 0) is 18.2 Å². The van der Waals surface area contributed by atoms with E-state index in [9.17, 15) is 0 Å². The molecule has 1 aromatic carbocycles. The van der Waals surface area contributed by atoms with Gasteiger partial charge in [0, 0.05) is 38.2 Å². The van der Waals surface area contributed by atoms with E-state index in [-0.39, 0.29) is 0 Å². The normalized spacial score (nSPS) is 17.6. The van der Waals surface area contributed by atoms with Crippen molar-refractivity contribution in [3.8, 4) is 11.4 Å². The van der Waals surface area contributed by atoms with Crippen LogP contribution in [0, 0.1) is 0 Å². The molecule has 1 fully saturated rings. The molecule has 2 aromatic rings. The summed E-state index contributed by atoms with van der Waals surface area (Å²) in [5.41, 5.74) is 2.41. The van der Waals surface area contributed by atoms with Crippen molar-refractivity contribution in [2.45, 2.75) is 26.3 Å². The number of hydrogen-bond acceptors (Lipinski definition) is 4. The second-order valence-corrected chi connectivity index (χ2v) is 5.78. The molecule has 5 heteroatoms. The molecule has 0 spiro atoms. The standard InChI is InChI=1S/C17H24N4O/c1-4-16-18-17(19-20(16)3)15-7-5-14(6-8-15)13(2)21-9-11-22-12-10-21/h5-8,13H,4,9-12H2,1-3H3/t13-/m0/s1. The minimum atomic E-state index is 0.417. The van der Waals surface area contributed by atoms with Crippen molar-refractivity contribution in [3.63, 3.8) is 0 Å². The van der Waals surface area contributed by atoms with Crippen molar-refractivity contribution in [2.24, 2.45) is 7.05 Å². The predicted octanol–water partition coefficient (Wildman–Crippen LogP) is 2.44. The number of rotatable bonds is 4. The van der Waals surface area contributed by atoms with Crippen LogP contribution in [0.1, 0.15) is 31.3 Å². The Kier molecular flexibility index (Phi) is 4.55. The van der Waals surface area contributed by atoms with Crippen LogP contribution in [0.3, 0.4) is 0 Å². The van der Waals surface area contributed by atoms with Crippen LogP contribution in [0.4, 0.5) is 0 Å². The first-order valence-electron chi connectivity index (χ1n) is 8.01. The SMILES string of the molecule is CCc1nc(-c2ccc([C@H](C)N3CCOCC3)cc2)nn1C. The Morgan fingerprint density at radius 1 is 1.18 bits per heavy atom. The third-order valence-corrected chi connectivity index (χ3v) is 4.41. The summed E-state index contributed by atoms with van der Waals surface area (Å²) in [5, 5.41) is 4.49. The first-order chi connectivity index (χ1) is 10.7. The van der Waals surface area contributed by atoms with Gasteiger partial charge in [0.25, 0.3) is 0 Å². The fourth-order valence-corrected chi connectivity index (χ4v) is 2.93. The Morgan fingerprint density at radius 3 is 2.45 bits per heavy atom. The predicted molar refractivity (Wildman–Crippen MR) is 86.6 cm³/mol. The van der Waals surface area contributed by atoms with Crippen LogP contribution in [0.25, 0.3) is 11.4 Å². The minimum absolute atomic E-state index is 0.417. The van der Waals surface area contributed by atoms with Gasteiger partial charge in [-0.2, -0.15) is 5.10 Å². The van der Waals surface area contributed by atoms with Crippen molar-refractivity contribution in [1.82, 2.24) is 19.7 Å². The summed E-state index contributed by atoms with van der Waals surface area (Å²) in [5.74, 6) is 1.82. The molecule has 1 saturated heterocycles. The summed E-state index contributed by atoms with van der Waals surface area (Å²) in [6.45, 7) is 8.03. The lowest BCUT2D eigenvalue weighted by Crippen LogP contribution is -2.37. The fourth-order valence-electron chi connectivity index (χ4n) is 2.93. The molecule has 0 saturated carbocycles. The molecule has 0 N–H and O–H groups in total. The monoisotopic (exact) mass is 300 g/mol. The average Bonchev–Trinajstić information content (AvgIpc) is 2.96. The molecule has 1 aliphatic rings. The molecule has 3 rings (SSSR count). The topological polar surface area (TPSA) is 43.2 Å². The maximum absolute atomic E-state index is 5.43. The summed E-state index contributed by atoms with van der Waals surface area (Å²) in [4.78, 5) is 7.05. The van der Waals surface area contributed by atoms with Gasteiger partial charge in [-0.05, 0) is 12.5 Å². The molecule has 5 nitrogen and oxygen atoms in total. The van der Waals surface area contributed by atoms with E-state index in [2.05, 4.69) is 53.1 Å². The Morgan fingerprint density at radius 2 is 1.86 bits per heavy atom. The maximum Gasteiger partial charge on any atom is 0.181 e. The molecule has 2 heterocycles. The van der Waals surface area contributed by atoms with E-state index in [4.69, 9.17) is 4.74 Å².